The number of rotatable bonds is 5. The lowest BCUT2D eigenvalue weighted by Crippen LogP contribution is -2.27. The Balaban J connectivity index is 2.42. The van der Waals surface area contributed by atoms with Gasteiger partial charge in [-0.3, -0.25) is 4.98 Å². The summed E-state index contributed by atoms with van der Waals surface area (Å²) >= 11 is 9.23. The number of pyridine rings is 1. The van der Waals surface area contributed by atoms with E-state index in [-0.39, 0.29) is 17.2 Å². The molecule has 5 nitrogen and oxygen atoms in total. The summed E-state index contributed by atoms with van der Waals surface area (Å²) in [6.07, 6.45) is 1.62. The molecular weight excluding hydrogens is 392 g/mol. The van der Waals surface area contributed by atoms with E-state index in [2.05, 4.69) is 20.9 Å². The molecule has 0 unspecified atom stereocenters. The molecule has 2 rings (SSSR count). The Morgan fingerprint density at radius 2 is 2.09 bits per heavy atom. The molecule has 2 aromatic rings. The summed E-state index contributed by atoms with van der Waals surface area (Å²) in [6, 6.07) is 8.29. The molecule has 118 valence electrons. The summed E-state index contributed by atoms with van der Waals surface area (Å²) in [7, 11) is -0.878. The predicted octanol–water partition coefficient (Wildman–Crippen LogP) is 3.33. The van der Waals surface area contributed by atoms with E-state index in [9.17, 15) is 8.42 Å². The van der Waals surface area contributed by atoms with Crippen LogP contribution in [0.4, 0.5) is 0 Å². The molecule has 8 heteroatoms. The van der Waals surface area contributed by atoms with Crippen molar-refractivity contribution >= 4 is 37.6 Å². The average molecular weight is 406 g/mol. The van der Waals surface area contributed by atoms with Crippen molar-refractivity contribution in [2.45, 2.75) is 11.4 Å². The normalized spacial score (nSPS) is 11.7. The Kier molecular flexibility index (Phi) is 5.44. The minimum absolute atomic E-state index is 0.00723. The molecule has 0 aliphatic rings. The third kappa shape index (κ3) is 3.60. The summed E-state index contributed by atoms with van der Waals surface area (Å²) in [6.45, 7) is 0.149. The zero-order valence-electron chi connectivity index (χ0n) is 12.0. The molecule has 1 heterocycles. The largest absolute Gasteiger partial charge is 0.494 e. The van der Waals surface area contributed by atoms with E-state index in [0.29, 0.717) is 15.2 Å². The zero-order valence-corrected chi connectivity index (χ0v) is 15.1. The Labute approximate surface area is 143 Å². The maximum absolute atomic E-state index is 12.8. The van der Waals surface area contributed by atoms with Gasteiger partial charge in [-0.05, 0) is 40.2 Å². The fraction of sp³-hybridized carbons (Fsp3) is 0.214. The Bertz CT molecular complexity index is 769. The number of hydrogen-bond donors (Lipinski definition) is 0. The van der Waals surface area contributed by atoms with Crippen LogP contribution in [0.15, 0.2) is 45.9 Å². The van der Waals surface area contributed by atoms with E-state index >= 15 is 0 Å². The van der Waals surface area contributed by atoms with Crippen LogP contribution in [0, 0.1) is 0 Å². The van der Waals surface area contributed by atoms with E-state index in [1.165, 1.54) is 24.5 Å². The van der Waals surface area contributed by atoms with Gasteiger partial charge in [-0.2, -0.15) is 4.31 Å². The number of sulfonamides is 1. The van der Waals surface area contributed by atoms with Gasteiger partial charge >= 0.3 is 0 Å². The SMILES string of the molecule is COc1c(Br)cc(Cl)cc1S(=O)(=O)N(C)Cc1ccccn1. The Morgan fingerprint density at radius 1 is 1.36 bits per heavy atom. The molecule has 0 bridgehead atoms. The number of halogens is 2. The summed E-state index contributed by atoms with van der Waals surface area (Å²) in [5.74, 6) is 0.220. The lowest BCUT2D eigenvalue weighted by molar-refractivity contribution is 0.394. The predicted molar refractivity (Wildman–Crippen MR) is 88.6 cm³/mol. The highest BCUT2D eigenvalue weighted by Crippen LogP contribution is 2.36. The second-order valence-corrected chi connectivity index (χ2v) is 7.81. The van der Waals surface area contributed by atoms with E-state index in [1.54, 1.807) is 30.5 Å². The van der Waals surface area contributed by atoms with Crippen molar-refractivity contribution in [3.8, 4) is 5.75 Å². The van der Waals surface area contributed by atoms with Gasteiger partial charge in [0.25, 0.3) is 0 Å². The lowest BCUT2D eigenvalue weighted by atomic mass is 10.3. The van der Waals surface area contributed by atoms with E-state index < -0.39 is 10.0 Å². The van der Waals surface area contributed by atoms with Gasteiger partial charge in [-0.1, -0.05) is 17.7 Å². The van der Waals surface area contributed by atoms with Gasteiger partial charge in [-0.25, -0.2) is 8.42 Å². The molecule has 0 saturated carbocycles. The number of methoxy groups -OCH3 is 1. The smallest absolute Gasteiger partial charge is 0.246 e. The molecule has 0 aliphatic heterocycles. The minimum Gasteiger partial charge on any atom is -0.494 e. The van der Waals surface area contributed by atoms with Crippen molar-refractivity contribution < 1.29 is 13.2 Å². The fourth-order valence-corrected chi connectivity index (χ4v) is 4.41. The highest BCUT2D eigenvalue weighted by atomic mass is 79.9. The second-order valence-electron chi connectivity index (χ2n) is 4.50. The van der Waals surface area contributed by atoms with Gasteiger partial charge in [0.15, 0.2) is 5.75 Å². The average Bonchev–Trinajstić information content (AvgIpc) is 2.47. The van der Waals surface area contributed by atoms with Gasteiger partial charge in [0.05, 0.1) is 23.8 Å². The van der Waals surface area contributed by atoms with Gasteiger partial charge in [0.1, 0.15) is 4.90 Å². The third-order valence-corrected chi connectivity index (χ3v) is 5.59. The summed E-state index contributed by atoms with van der Waals surface area (Å²) in [4.78, 5) is 4.14. The molecule has 0 spiro atoms. The van der Waals surface area contributed by atoms with Crippen LogP contribution in [0.2, 0.25) is 5.02 Å². The van der Waals surface area contributed by atoms with Crippen LogP contribution in [-0.2, 0) is 16.6 Å². The van der Waals surface area contributed by atoms with Crippen molar-refractivity contribution in [1.82, 2.24) is 9.29 Å². The maximum atomic E-state index is 12.8. The van der Waals surface area contributed by atoms with Crippen LogP contribution in [0.1, 0.15) is 5.69 Å². The summed E-state index contributed by atoms with van der Waals surface area (Å²) in [5.41, 5.74) is 0.647. The monoisotopic (exact) mass is 404 g/mol. The first-order valence-corrected chi connectivity index (χ1v) is 8.86. The highest BCUT2D eigenvalue weighted by molar-refractivity contribution is 9.10. The Hall–Kier alpha value is -1.15. The van der Waals surface area contributed by atoms with Crippen molar-refractivity contribution in [2.75, 3.05) is 14.2 Å². The Morgan fingerprint density at radius 3 is 2.68 bits per heavy atom. The van der Waals surface area contributed by atoms with Crippen LogP contribution < -0.4 is 4.74 Å². The molecular formula is C14H14BrClN2O3S. The number of ether oxygens (including phenoxy) is 1. The van der Waals surface area contributed by atoms with E-state index in [4.69, 9.17) is 16.3 Å². The van der Waals surface area contributed by atoms with Crippen LogP contribution in [0.25, 0.3) is 0 Å². The van der Waals surface area contributed by atoms with Crippen LogP contribution >= 0.6 is 27.5 Å². The van der Waals surface area contributed by atoms with E-state index in [1.807, 2.05) is 0 Å². The number of hydrogen-bond acceptors (Lipinski definition) is 4. The molecule has 1 aromatic heterocycles. The quantitative estimate of drug-likeness (QED) is 0.765. The first-order chi connectivity index (χ1) is 10.4. The zero-order chi connectivity index (χ0) is 16.3. The van der Waals surface area contributed by atoms with Crippen LogP contribution in [0.5, 0.6) is 5.75 Å². The van der Waals surface area contributed by atoms with Gasteiger partial charge in [0, 0.05) is 18.3 Å². The lowest BCUT2D eigenvalue weighted by Gasteiger charge is -2.19. The van der Waals surface area contributed by atoms with Gasteiger partial charge < -0.3 is 4.74 Å². The molecule has 0 aliphatic carbocycles. The number of benzene rings is 1. The van der Waals surface area contributed by atoms with Crippen molar-refractivity contribution in [3.63, 3.8) is 0 Å². The molecule has 0 amide bonds. The number of aromatic nitrogens is 1. The molecule has 0 saturated heterocycles. The molecule has 0 fully saturated rings. The van der Waals surface area contributed by atoms with E-state index in [0.717, 1.165) is 0 Å². The standard InChI is InChI=1S/C14H14BrClN2O3S/c1-18(9-11-5-3-4-6-17-11)22(19,20)13-8-10(16)7-12(15)14(13)21-2/h3-8H,9H2,1-2H3. The first kappa shape index (κ1) is 17.2. The maximum Gasteiger partial charge on any atom is 0.246 e. The topological polar surface area (TPSA) is 59.5 Å². The molecule has 1 aromatic carbocycles. The van der Waals surface area contributed by atoms with Crippen molar-refractivity contribution in [1.29, 1.82) is 0 Å². The minimum atomic E-state index is -3.77. The van der Waals surface area contributed by atoms with Crippen molar-refractivity contribution in [2.24, 2.45) is 0 Å². The summed E-state index contributed by atoms with van der Waals surface area (Å²) in [5, 5.41) is 0.303. The second kappa shape index (κ2) is 6.95. The fourth-order valence-electron chi connectivity index (χ4n) is 1.90. The van der Waals surface area contributed by atoms with Crippen LogP contribution in [0.3, 0.4) is 0 Å². The van der Waals surface area contributed by atoms with Gasteiger partial charge in [0.2, 0.25) is 10.0 Å². The molecule has 0 atom stereocenters. The first-order valence-electron chi connectivity index (χ1n) is 6.25. The highest BCUT2D eigenvalue weighted by Gasteiger charge is 2.27. The third-order valence-electron chi connectivity index (χ3n) is 2.98. The number of nitrogens with zero attached hydrogens (tertiary/aromatic N) is 2. The van der Waals surface area contributed by atoms with Crippen molar-refractivity contribution in [3.05, 3.63) is 51.7 Å². The molecule has 22 heavy (non-hydrogen) atoms. The van der Waals surface area contributed by atoms with Gasteiger partial charge in [-0.15, -0.1) is 0 Å². The summed E-state index contributed by atoms with van der Waals surface area (Å²) < 4.78 is 32.4. The molecule has 0 radical (unpaired) electrons. The van der Waals surface area contributed by atoms with Crippen LogP contribution in [-0.4, -0.2) is 31.9 Å². The molecule has 0 N–H and O–H groups in total.